The minimum absolute atomic E-state index is 0.302. The Bertz CT molecular complexity index is 353. The number of ether oxygens (including phenoxy) is 1. The van der Waals surface area contributed by atoms with E-state index in [1.54, 1.807) is 6.20 Å². The van der Waals surface area contributed by atoms with Crippen LogP contribution < -0.4 is 5.32 Å². The number of anilines is 1. The van der Waals surface area contributed by atoms with Gasteiger partial charge in [0, 0.05) is 25.8 Å². The fourth-order valence-corrected chi connectivity index (χ4v) is 2.13. The molecule has 4 nitrogen and oxygen atoms in total. The summed E-state index contributed by atoms with van der Waals surface area (Å²) in [5.41, 5.74) is 0. The molecular weight excluding hydrogens is 270 g/mol. The zero-order valence-corrected chi connectivity index (χ0v) is 11.0. The monoisotopic (exact) mass is 285 g/mol. The van der Waals surface area contributed by atoms with Crippen LogP contribution in [0.5, 0.6) is 0 Å². The Morgan fingerprint density at radius 2 is 2.50 bits per heavy atom. The summed E-state index contributed by atoms with van der Waals surface area (Å²) < 4.78 is 6.48. The Morgan fingerprint density at radius 1 is 1.62 bits per heavy atom. The van der Waals surface area contributed by atoms with Gasteiger partial charge in [-0.05, 0) is 35.7 Å². The Balaban J connectivity index is 2.05. The van der Waals surface area contributed by atoms with Gasteiger partial charge in [-0.15, -0.1) is 0 Å². The Labute approximate surface area is 104 Å². The molecule has 0 saturated carbocycles. The molecular formula is C11H16BrN3O. The highest BCUT2D eigenvalue weighted by Crippen LogP contribution is 2.20. The molecule has 5 heteroatoms. The SMILES string of the molecule is CCNc1nc(CC2CCCO2)ncc1Br. The predicted octanol–water partition coefficient (Wildman–Crippen LogP) is 2.39. The number of aromatic nitrogens is 2. The van der Waals surface area contributed by atoms with Crippen LogP contribution >= 0.6 is 15.9 Å². The second kappa shape index (κ2) is 5.59. The van der Waals surface area contributed by atoms with Crippen molar-refractivity contribution in [3.63, 3.8) is 0 Å². The molecule has 1 aromatic rings. The van der Waals surface area contributed by atoms with Crippen molar-refractivity contribution in [2.45, 2.75) is 32.3 Å². The molecule has 1 fully saturated rings. The molecule has 0 bridgehead atoms. The smallest absolute Gasteiger partial charge is 0.144 e. The number of hydrogen-bond donors (Lipinski definition) is 1. The van der Waals surface area contributed by atoms with Gasteiger partial charge in [-0.2, -0.15) is 0 Å². The van der Waals surface area contributed by atoms with Crippen molar-refractivity contribution in [3.8, 4) is 0 Å². The topological polar surface area (TPSA) is 47.0 Å². The first-order valence-corrected chi connectivity index (χ1v) is 6.45. The summed E-state index contributed by atoms with van der Waals surface area (Å²) in [6.07, 6.45) is 5.19. The van der Waals surface area contributed by atoms with Crippen molar-refractivity contribution in [2.24, 2.45) is 0 Å². The zero-order valence-electron chi connectivity index (χ0n) is 9.37. The van der Waals surface area contributed by atoms with Gasteiger partial charge >= 0.3 is 0 Å². The maximum Gasteiger partial charge on any atom is 0.144 e. The highest BCUT2D eigenvalue weighted by Gasteiger charge is 2.17. The van der Waals surface area contributed by atoms with Gasteiger partial charge in [0.25, 0.3) is 0 Å². The molecule has 0 aliphatic carbocycles. The van der Waals surface area contributed by atoms with Crippen molar-refractivity contribution in [1.29, 1.82) is 0 Å². The van der Waals surface area contributed by atoms with Crippen LogP contribution in [-0.2, 0) is 11.2 Å². The van der Waals surface area contributed by atoms with Crippen molar-refractivity contribution in [3.05, 3.63) is 16.5 Å². The first-order chi connectivity index (χ1) is 7.79. The summed E-state index contributed by atoms with van der Waals surface area (Å²) in [5, 5.41) is 3.20. The first kappa shape index (κ1) is 11.8. The molecule has 0 radical (unpaired) electrons. The molecule has 1 aromatic heterocycles. The number of rotatable bonds is 4. The van der Waals surface area contributed by atoms with Crippen LogP contribution in [0.3, 0.4) is 0 Å². The van der Waals surface area contributed by atoms with E-state index in [1.807, 2.05) is 6.92 Å². The molecule has 1 unspecified atom stereocenters. The van der Waals surface area contributed by atoms with E-state index in [0.29, 0.717) is 6.10 Å². The first-order valence-electron chi connectivity index (χ1n) is 5.66. The number of nitrogens with zero attached hydrogens (tertiary/aromatic N) is 2. The van der Waals surface area contributed by atoms with Crippen LogP contribution in [0.4, 0.5) is 5.82 Å². The Hall–Kier alpha value is -0.680. The van der Waals surface area contributed by atoms with E-state index in [4.69, 9.17) is 4.74 Å². The summed E-state index contributed by atoms with van der Waals surface area (Å²) in [7, 11) is 0. The molecule has 0 spiro atoms. The summed E-state index contributed by atoms with van der Waals surface area (Å²) in [6, 6.07) is 0. The summed E-state index contributed by atoms with van der Waals surface area (Å²) >= 11 is 3.43. The molecule has 88 valence electrons. The van der Waals surface area contributed by atoms with Crippen LogP contribution in [-0.4, -0.2) is 29.2 Å². The molecule has 2 rings (SSSR count). The van der Waals surface area contributed by atoms with Crippen molar-refractivity contribution >= 4 is 21.7 Å². The Kier molecular flexibility index (Phi) is 4.12. The van der Waals surface area contributed by atoms with E-state index in [-0.39, 0.29) is 0 Å². The molecule has 1 saturated heterocycles. The van der Waals surface area contributed by atoms with Crippen LogP contribution in [0.1, 0.15) is 25.6 Å². The second-order valence-corrected chi connectivity index (χ2v) is 4.71. The van der Waals surface area contributed by atoms with Crippen LogP contribution in [0.15, 0.2) is 10.7 Å². The normalized spacial score (nSPS) is 20.0. The largest absolute Gasteiger partial charge is 0.378 e. The Morgan fingerprint density at radius 3 is 3.19 bits per heavy atom. The maximum absolute atomic E-state index is 5.57. The van der Waals surface area contributed by atoms with Crippen molar-refractivity contribution in [2.75, 3.05) is 18.5 Å². The molecule has 1 aliphatic rings. The van der Waals surface area contributed by atoms with Gasteiger partial charge in [-0.25, -0.2) is 9.97 Å². The third-order valence-corrected chi connectivity index (χ3v) is 3.15. The summed E-state index contributed by atoms with van der Waals surface area (Å²) in [5.74, 6) is 1.72. The van der Waals surface area contributed by atoms with Gasteiger partial charge in [0.05, 0.1) is 10.6 Å². The van der Waals surface area contributed by atoms with E-state index in [9.17, 15) is 0 Å². The fraction of sp³-hybridized carbons (Fsp3) is 0.636. The van der Waals surface area contributed by atoms with Gasteiger partial charge in [-0.1, -0.05) is 0 Å². The molecule has 1 N–H and O–H groups in total. The lowest BCUT2D eigenvalue weighted by molar-refractivity contribution is 0.110. The van der Waals surface area contributed by atoms with E-state index in [2.05, 4.69) is 31.2 Å². The van der Waals surface area contributed by atoms with Crippen molar-refractivity contribution in [1.82, 2.24) is 9.97 Å². The number of hydrogen-bond acceptors (Lipinski definition) is 4. The third kappa shape index (κ3) is 2.92. The minimum Gasteiger partial charge on any atom is -0.378 e. The summed E-state index contributed by atoms with van der Waals surface area (Å²) in [6.45, 7) is 3.78. The highest BCUT2D eigenvalue weighted by molar-refractivity contribution is 9.10. The fourth-order valence-electron chi connectivity index (χ4n) is 1.80. The van der Waals surface area contributed by atoms with Gasteiger partial charge in [0.15, 0.2) is 0 Å². The van der Waals surface area contributed by atoms with Gasteiger partial charge in [0.1, 0.15) is 11.6 Å². The lowest BCUT2D eigenvalue weighted by Gasteiger charge is -2.10. The average Bonchev–Trinajstić information content (AvgIpc) is 2.76. The van der Waals surface area contributed by atoms with Gasteiger partial charge < -0.3 is 10.1 Å². The molecule has 1 atom stereocenters. The minimum atomic E-state index is 0.302. The predicted molar refractivity (Wildman–Crippen MR) is 66.6 cm³/mol. The lowest BCUT2D eigenvalue weighted by Crippen LogP contribution is -2.13. The van der Waals surface area contributed by atoms with Crippen LogP contribution in [0.2, 0.25) is 0 Å². The average molecular weight is 286 g/mol. The van der Waals surface area contributed by atoms with E-state index >= 15 is 0 Å². The van der Waals surface area contributed by atoms with Crippen LogP contribution in [0.25, 0.3) is 0 Å². The lowest BCUT2D eigenvalue weighted by atomic mass is 10.2. The molecule has 2 heterocycles. The van der Waals surface area contributed by atoms with Gasteiger partial charge in [-0.3, -0.25) is 0 Å². The molecule has 0 aromatic carbocycles. The maximum atomic E-state index is 5.57. The van der Waals surface area contributed by atoms with E-state index in [0.717, 1.165) is 48.5 Å². The van der Waals surface area contributed by atoms with Crippen LogP contribution in [0, 0.1) is 0 Å². The highest BCUT2D eigenvalue weighted by atomic mass is 79.9. The second-order valence-electron chi connectivity index (χ2n) is 3.85. The zero-order chi connectivity index (χ0) is 11.4. The molecule has 0 amide bonds. The van der Waals surface area contributed by atoms with E-state index in [1.165, 1.54) is 0 Å². The van der Waals surface area contributed by atoms with Gasteiger partial charge in [0.2, 0.25) is 0 Å². The molecule has 1 aliphatic heterocycles. The summed E-state index contributed by atoms with van der Waals surface area (Å²) in [4.78, 5) is 8.78. The van der Waals surface area contributed by atoms with Crippen molar-refractivity contribution < 1.29 is 4.74 Å². The quantitative estimate of drug-likeness (QED) is 0.923. The standard InChI is InChI=1S/C11H16BrN3O/c1-2-13-11-9(12)7-14-10(15-11)6-8-4-3-5-16-8/h7-8H,2-6H2,1H3,(H,13,14,15). The number of halogens is 1. The third-order valence-electron chi connectivity index (χ3n) is 2.57. The molecule has 16 heavy (non-hydrogen) atoms. The number of nitrogens with one attached hydrogen (secondary N) is 1. The van der Waals surface area contributed by atoms with E-state index < -0.39 is 0 Å².